The number of hydrogen-bond acceptors (Lipinski definition) is 2. The summed E-state index contributed by atoms with van der Waals surface area (Å²) in [5, 5.41) is 17.2. The van der Waals surface area contributed by atoms with E-state index >= 15 is 0 Å². The summed E-state index contributed by atoms with van der Waals surface area (Å²) in [6.45, 7) is 0. The molecule has 0 fully saturated rings. The van der Waals surface area contributed by atoms with E-state index in [9.17, 15) is 9.59 Å². The van der Waals surface area contributed by atoms with Gasteiger partial charge >= 0.3 is 11.9 Å². The van der Waals surface area contributed by atoms with Crippen molar-refractivity contribution in [3.8, 4) is 0 Å². The zero-order valence-corrected chi connectivity index (χ0v) is 8.23. The monoisotopic (exact) mass is 226 g/mol. The molecule has 0 aliphatic carbocycles. The van der Waals surface area contributed by atoms with Gasteiger partial charge in [-0.05, 0) is 23.8 Å². The molecule has 0 radical (unpaired) electrons. The molecule has 0 saturated heterocycles. The number of benzene rings is 1. The molecule has 0 aliphatic rings. The van der Waals surface area contributed by atoms with Gasteiger partial charge in [0.15, 0.2) is 0 Å². The lowest BCUT2D eigenvalue weighted by Gasteiger charge is -1.99. The van der Waals surface area contributed by atoms with Gasteiger partial charge in [0, 0.05) is 11.1 Å². The Bertz CT molecular complexity index is 437. The summed E-state index contributed by atoms with van der Waals surface area (Å²) in [5.41, 5.74) is 0.525. The minimum atomic E-state index is -1.09. The summed E-state index contributed by atoms with van der Waals surface area (Å²) < 4.78 is 0. The fourth-order valence-electron chi connectivity index (χ4n) is 0.956. The smallest absolute Gasteiger partial charge is 0.335 e. The third kappa shape index (κ3) is 3.11. The predicted octanol–water partition coefficient (Wildman–Crippen LogP) is 2.14. The van der Waals surface area contributed by atoms with Gasteiger partial charge in [0.1, 0.15) is 0 Å². The molecule has 15 heavy (non-hydrogen) atoms. The van der Waals surface area contributed by atoms with Crippen molar-refractivity contribution in [1.29, 1.82) is 0 Å². The Morgan fingerprint density at radius 1 is 1.27 bits per heavy atom. The summed E-state index contributed by atoms with van der Waals surface area (Å²) in [7, 11) is 0. The number of aromatic carboxylic acids is 1. The normalized spacial score (nSPS) is 10.5. The molecule has 5 heteroatoms. The molecule has 1 rings (SSSR count). The predicted molar refractivity (Wildman–Crippen MR) is 55.1 cm³/mol. The number of hydrogen-bond donors (Lipinski definition) is 2. The number of halogens is 1. The maximum atomic E-state index is 10.6. The third-order valence-corrected chi connectivity index (χ3v) is 1.98. The van der Waals surface area contributed by atoms with Gasteiger partial charge in [-0.3, -0.25) is 0 Å². The molecule has 0 aromatic heterocycles. The van der Waals surface area contributed by atoms with Gasteiger partial charge < -0.3 is 10.2 Å². The Hall–Kier alpha value is -1.81. The van der Waals surface area contributed by atoms with Gasteiger partial charge in [0.05, 0.1) is 5.56 Å². The molecule has 1 aromatic rings. The summed E-state index contributed by atoms with van der Waals surface area (Å²) in [6.07, 6.45) is 2.23. The molecule has 0 heterocycles. The lowest BCUT2D eigenvalue weighted by atomic mass is 10.1. The highest BCUT2D eigenvalue weighted by atomic mass is 35.5. The fourth-order valence-corrected chi connectivity index (χ4v) is 1.20. The molecule has 0 unspecified atom stereocenters. The Balaban J connectivity index is 3.03. The van der Waals surface area contributed by atoms with Crippen LogP contribution in [-0.4, -0.2) is 22.2 Å². The Kier molecular flexibility index (Phi) is 3.46. The van der Waals surface area contributed by atoms with Crippen molar-refractivity contribution in [3.05, 3.63) is 40.4 Å². The van der Waals surface area contributed by atoms with Gasteiger partial charge in [-0.2, -0.15) is 0 Å². The topological polar surface area (TPSA) is 74.6 Å². The van der Waals surface area contributed by atoms with E-state index in [1.807, 2.05) is 0 Å². The van der Waals surface area contributed by atoms with Crippen LogP contribution in [0.15, 0.2) is 24.3 Å². The van der Waals surface area contributed by atoms with Crippen molar-refractivity contribution in [2.75, 3.05) is 0 Å². The van der Waals surface area contributed by atoms with Crippen molar-refractivity contribution >= 4 is 29.6 Å². The van der Waals surface area contributed by atoms with Gasteiger partial charge in [-0.15, -0.1) is 0 Å². The second-order valence-electron chi connectivity index (χ2n) is 2.71. The van der Waals surface area contributed by atoms with Crippen LogP contribution in [0.2, 0.25) is 5.02 Å². The lowest BCUT2D eigenvalue weighted by Crippen LogP contribution is -1.96. The summed E-state index contributed by atoms with van der Waals surface area (Å²) in [4.78, 5) is 20.8. The minimum Gasteiger partial charge on any atom is -0.478 e. The molecule has 0 saturated carbocycles. The number of carbonyl (C=O) groups is 2. The van der Waals surface area contributed by atoms with Crippen LogP contribution in [0.3, 0.4) is 0 Å². The minimum absolute atomic E-state index is 0.0625. The van der Waals surface area contributed by atoms with Crippen molar-refractivity contribution in [1.82, 2.24) is 0 Å². The second-order valence-corrected chi connectivity index (χ2v) is 3.12. The molecule has 0 amide bonds. The van der Waals surface area contributed by atoms with Crippen LogP contribution in [0.25, 0.3) is 6.08 Å². The van der Waals surface area contributed by atoms with Crippen LogP contribution in [0.5, 0.6) is 0 Å². The van der Waals surface area contributed by atoms with Gasteiger partial charge in [-0.25, -0.2) is 9.59 Å². The standard InChI is InChI=1S/C10H7ClO4/c11-8-5-7(10(14)15)2-1-6(8)3-4-9(12)13/h1-5H,(H,12,13)(H,14,15). The highest BCUT2D eigenvalue weighted by Crippen LogP contribution is 2.19. The van der Waals surface area contributed by atoms with E-state index < -0.39 is 11.9 Å². The molecule has 0 atom stereocenters. The lowest BCUT2D eigenvalue weighted by molar-refractivity contribution is -0.131. The number of carboxylic acids is 2. The number of aliphatic carboxylic acids is 1. The average molecular weight is 227 g/mol. The SMILES string of the molecule is O=C(O)C=Cc1ccc(C(=O)O)cc1Cl. The molecule has 4 nitrogen and oxygen atoms in total. The third-order valence-electron chi connectivity index (χ3n) is 1.65. The molecule has 1 aromatic carbocycles. The quantitative estimate of drug-likeness (QED) is 0.775. The molecule has 0 bridgehead atoms. The Labute approximate surface area is 90.4 Å². The van der Waals surface area contributed by atoms with E-state index in [0.29, 0.717) is 5.56 Å². The van der Waals surface area contributed by atoms with Crippen LogP contribution in [-0.2, 0) is 4.79 Å². The number of carboxylic acid groups (broad SMARTS) is 2. The van der Waals surface area contributed by atoms with E-state index in [4.69, 9.17) is 21.8 Å². The Morgan fingerprint density at radius 2 is 1.93 bits per heavy atom. The highest BCUT2D eigenvalue weighted by Gasteiger charge is 2.05. The van der Waals surface area contributed by atoms with Crippen LogP contribution < -0.4 is 0 Å². The summed E-state index contributed by atoms with van der Waals surface area (Å²) >= 11 is 5.75. The molecule has 0 aliphatic heterocycles. The maximum absolute atomic E-state index is 10.6. The summed E-state index contributed by atoms with van der Waals surface area (Å²) in [6, 6.07) is 4.08. The fraction of sp³-hybridized carbons (Fsp3) is 0. The van der Waals surface area contributed by atoms with Crippen LogP contribution in [0.1, 0.15) is 15.9 Å². The molecular weight excluding hydrogens is 220 g/mol. The molecule has 78 valence electrons. The highest BCUT2D eigenvalue weighted by molar-refractivity contribution is 6.32. The zero-order chi connectivity index (χ0) is 11.4. The first-order valence-electron chi connectivity index (χ1n) is 3.94. The van der Waals surface area contributed by atoms with Crippen LogP contribution in [0.4, 0.5) is 0 Å². The van der Waals surface area contributed by atoms with Crippen LogP contribution >= 0.6 is 11.6 Å². The van der Waals surface area contributed by atoms with Gasteiger partial charge in [-0.1, -0.05) is 17.7 Å². The van der Waals surface area contributed by atoms with Crippen molar-refractivity contribution in [3.63, 3.8) is 0 Å². The van der Waals surface area contributed by atoms with E-state index in [0.717, 1.165) is 6.08 Å². The first kappa shape index (κ1) is 11.3. The van der Waals surface area contributed by atoms with Gasteiger partial charge in [0.2, 0.25) is 0 Å². The van der Waals surface area contributed by atoms with Gasteiger partial charge in [0.25, 0.3) is 0 Å². The van der Waals surface area contributed by atoms with Crippen molar-refractivity contribution < 1.29 is 19.8 Å². The van der Waals surface area contributed by atoms with Crippen molar-refractivity contribution in [2.24, 2.45) is 0 Å². The first-order valence-corrected chi connectivity index (χ1v) is 4.32. The molecular formula is C10H7ClO4. The van der Waals surface area contributed by atoms with E-state index in [1.54, 1.807) is 0 Å². The van der Waals surface area contributed by atoms with E-state index in [-0.39, 0.29) is 10.6 Å². The largest absolute Gasteiger partial charge is 0.478 e. The molecule has 2 N–H and O–H groups in total. The zero-order valence-electron chi connectivity index (χ0n) is 7.48. The van der Waals surface area contributed by atoms with E-state index in [1.165, 1.54) is 24.3 Å². The Morgan fingerprint density at radius 3 is 2.40 bits per heavy atom. The van der Waals surface area contributed by atoms with Crippen LogP contribution in [0, 0.1) is 0 Å². The average Bonchev–Trinajstić information content (AvgIpc) is 2.15. The van der Waals surface area contributed by atoms with Crippen molar-refractivity contribution in [2.45, 2.75) is 0 Å². The first-order chi connectivity index (χ1) is 7.00. The molecule has 0 spiro atoms. The van der Waals surface area contributed by atoms with E-state index in [2.05, 4.69) is 0 Å². The second kappa shape index (κ2) is 4.61. The summed E-state index contributed by atoms with van der Waals surface area (Å²) in [5.74, 6) is -2.17. The maximum Gasteiger partial charge on any atom is 0.335 e. The number of rotatable bonds is 3.